The largest absolute Gasteiger partial charge is 0.509 e. The van der Waals surface area contributed by atoms with Gasteiger partial charge in [0, 0.05) is 0 Å². The maximum Gasteiger partial charge on any atom is 0.509 e. The van der Waals surface area contributed by atoms with Gasteiger partial charge in [0.05, 0.1) is 0 Å². The van der Waals surface area contributed by atoms with E-state index in [4.69, 9.17) is 0 Å². The maximum atomic E-state index is 12.1. The summed E-state index contributed by atoms with van der Waals surface area (Å²) in [6.45, 7) is 0.394. The number of rotatable bonds is 0. The maximum absolute atomic E-state index is 12.1. The van der Waals surface area contributed by atoms with Gasteiger partial charge < -0.3 is 18.9 Å². The molecule has 0 spiro atoms. The van der Waals surface area contributed by atoms with Gasteiger partial charge in [-0.3, -0.25) is 0 Å². The summed E-state index contributed by atoms with van der Waals surface area (Å²) < 4.78 is 123. The molecule has 1 atom stereocenters. The average Bonchev–Trinajstić information content (AvgIpc) is 2.88. The van der Waals surface area contributed by atoms with Crippen LogP contribution in [0.1, 0.15) is 13.8 Å². The summed E-state index contributed by atoms with van der Waals surface area (Å²) in [4.78, 5) is 20.5. The first-order valence-electron chi connectivity index (χ1n) is 6.29. The van der Waals surface area contributed by atoms with Crippen molar-refractivity contribution in [2.45, 2.75) is 49.7 Å². The Balaban J connectivity index is 0.000000263. The zero-order chi connectivity index (χ0) is 20.8. The average molecular weight is 408 g/mol. The molecule has 2 aliphatic heterocycles. The van der Waals surface area contributed by atoms with E-state index in [1.54, 1.807) is 0 Å². The van der Waals surface area contributed by atoms with Gasteiger partial charge in [0.25, 0.3) is 0 Å². The number of hydrogen-bond donors (Lipinski definition) is 0. The molecule has 0 aromatic heterocycles. The predicted octanol–water partition coefficient (Wildman–Crippen LogP) is 3.88. The number of carbonyl (C=O) groups excluding carboxylic acids is 2. The van der Waals surface area contributed by atoms with Crippen LogP contribution < -0.4 is 0 Å². The molecule has 0 saturated carbocycles. The molecule has 15 heteroatoms. The lowest BCUT2D eigenvalue weighted by Gasteiger charge is -2.29. The van der Waals surface area contributed by atoms with Gasteiger partial charge in [-0.05, 0) is 13.8 Å². The van der Waals surface area contributed by atoms with Crippen LogP contribution in [0.4, 0.5) is 49.1 Å². The molecule has 26 heavy (non-hydrogen) atoms. The minimum atomic E-state index is -5.75. The molecule has 6 nitrogen and oxygen atoms in total. The SMILES string of the molecule is CC1(C)OC(=O)OC1C(F)(F)F.O=C1OCC(C(F)(F)F)(C(F)(F)F)O1. The van der Waals surface area contributed by atoms with Crippen LogP contribution in [0.25, 0.3) is 0 Å². The summed E-state index contributed by atoms with van der Waals surface area (Å²) in [7, 11) is 0. The van der Waals surface area contributed by atoms with Crippen LogP contribution in [0, 0.1) is 0 Å². The Morgan fingerprint density at radius 1 is 0.846 bits per heavy atom. The monoisotopic (exact) mass is 408 g/mol. The molecule has 0 aliphatic carbocycles. The third-order valence-electron chi connectivity index (χ3n) is 3.06. The molecule has 0 aromatic rings. The van der Waals surface area contributed by atoms with E-state index in [0.717, 1.165) is 13.8 Å². The van der Waals surface area contributed by atoms with Crippen LogP contribution in [0.3, 0.4) is 0 Å². The lowest BCUT2D eigenvalue weighted by atomic mass is 10.0. The molecule has 1 unspecified atom stereocenters. The van der Waals surface area contributed by atoms with Crippen LogP contribution in [0.5, 0.6) is 0 Å². The number of carbonyl (C=O) groups is 2. The molecule has 0 aromatic carbocycles. The van der Waals surface area contributed by atoms with E-state index in [9.17, 15) is 49.1 Å². The van der Waals surface area contributed by atoms with E-state index in [1.165, 1.54) is 0 Å². The van der Waals surface area contributed by atoms with Crippen molar-refractivity contribution in [3.05, 3.63) is 0 Å². The lowest BCUT2D eigenvalue weighted by Crippen LogP contribution is -2.58. The van der Waals surface area contributed by atoms with Gasteiger partial charge in [-0.25, -0.2) is 9.59 Å². The third-order valence-corrected chi connectivity index (χ3v) is 3.06. The van der Waals surface area contributed by atoms with Crippen LogP contribution in [-0.4, -0.2) is 54.8 Å². The zero-order valence-electron chi connectivity index (χ0n) is 12.6. The van der Waals surface area contributed by atoms with Crippen molar-refractivity contribution in [1.82, 2.24) is 0 Å². The van der Waals surface area contributed by atoms with Crippen molar-refractivity contribution < 1.29 is 68.1 Å². The molecule has 2 fully saturated rings. The topological polar surface area (TPSA) is 71.1 Å². The Morgan fingerprint density at radius 2 is 1.31 bits per heavy atom. The molecular formula is C11H9F9O6. The first-order valence-corrected chi connectivity index (χ1v) is 6.29. The van der Waals surface area contributed by atoms with Gasteiger partial charge in [0.1, 0.15) is 0 Å². The van der Waals surface area contributed by atoms with Crippen molar-refractivity contribution in [2.75, 3.05) is 6.61 Å². The third kappa shape index (κ3) is 4.17. The van der Waals surface area contributed by atoms with Crippen molar-refractivity contribution in [1.29, 1.82) is 0 Å². The highest BCUT2D eigenvalue weighted by Gasteiger charge is 2.77. The van der Waals surface area contributed by atoms with Crippen LogP contribution in [0.15, 0.2) is 0 Å². The highest BCUT2D eigenvalue weighted by Crippen LogP contribution is 2.48. The van der Waals surface area contributed by atoms with Crippen molar-refractivity contribution in [3.63, 3.8) is 0 Å². The Hall–Kier alpha value is -2.09. The first-order chi connectivity index (χ1) is 11.3. The molecule has 2 saturated heterocycles. The van der Waals surface area contributed by atoms with Gasteiger partial charge in [-0.2, -0.15) is 39.5 Å². The molecule has 2 rings (SSSR count). The Kier molecular flexibility index (Phi) is 5.29. The minimum Gasteiger partial charge on any atom is -0.429 e. The summed E-state index contributed by atoms with van der Waals surface area (Å²) >= 11 is 0. The molecule has 2 heterocycles. The lowest BCUT2D eigenvalue weighted by molar-refractivity contribution is -0.354. The van der Waals surface area contributed by atoms with Crippen LogP contribution in [0.2, 0.25) is 0 Å². The van der Waals surface area contributed by atoms with Crippen molar-refractivity contribution in [2.24, 2.45) is 0 Å². The fourth-order valence-corrected chi connectivity index (χ4v) is 1.79. The van der Waals surface area contributed by atoms with E-state index < -0.39 is 54.8 Å². The zero-order valence-corrected chi connectivity index (χ0v) is 12.6. The van der Waals surface area contributed by atoms with E-state index in [0.29, 0.717) is 0 Å². The number of hydrogen-bond acceptors (Lipinski definition) is 6. The Bertz CT molecular complexity index is 548. The van der Waals surface area contributed by atoms with Gasteiger partial charge in [0.15, 0.2) is 12.2 Å². The summed E-state index contributed by atoms with van der Waals surface area (Å²) in [5, 5.41) is 0. The molecule has 0 amide bonds. The normalized spacial score (nSPS) is 24.7. The quantitative estimate of drug-likeness (QED) is 0.448. The summed E-state index contributed by atoms with van der Waals surface area (Å²) in [6.07, 6.45) is -21.5. The molecule has 0 radical (unpaired) electrons. The Morgan fingerprint density at radius 3 is 1.46 bits per heavy atom. The fraction of sp³-hybridized carbons (Fsp3) is 0.818. The predicted molar refractivity (Wildman–Crippen MR) is 58.8 cm³/mol. The van der Waals surface area contributed by atoms with Crippen LogP contribution in [-0.2, 0) is 18.9 Å². The van der Waals surface area contributed by atoms with E-state index in [1.807, 2.05) is 0 Å². The second-order valence-corrected chi connectivity index (χ2v) is 5.46. The molecule has 0 bridgehead atoms. The standard InChI is InChI=1S/C6H7F3O3.C5H2F6O3/c1-5(2)3(6(7,8)9)11-4(10)12-5;6-4(7,8)3(5(9,10)11)1-13-2(12)14-3/h3H,1-2H3;1H2. The fourth-order valence-electron chi connectivity index (χ4n) is 1.79. The summed E-state index contributed by atoms with van der Waals surface area (Å²) in [6, 6.07) is 0. The van der Waals surface area contributed by atoms with Crippen molar-refractivity contribution >= 4 is 12.3 Å². The minimum absolute atomic E-state index is 1.15. The smallest absolute Gasteiger partial charge is 0.429 e. The Labute approximate surface area is 138 Å². The number of halogens is 9. The molecular weight excluding hydrogens is 399 g/mol. The summed E-state index contributed by atoms with van der Waals surface area (Å²) in [5.41, 5.74) is -6.16. The second-order valence-electron chi connectivity index (χ2n) is 5.46. The highest BCUT2D eigenvalue weighted by molar-refractivity contribution is 5.63. The number of ether oxygens (including phenoxy) is 4. The van der Waals surface area contributed by atoms with Gasteiger partial charge in [-0.1, -0.05) is 0 Å². The number of cyclic esters (lactones) is 4. The second kappa shape index (κ2) is 6.26. The van der Waals surface area contributed by atoms with Crippen molar-refractivity contribution in [3.8, 4) is 0 Å². The molecule has 152 valence electrons. The van der Waals surface area contributed by atoms with Gasteiger partial charge >= 0.3 is 36.4 Å². The number of alkyl halides is 9. The van der Waals surface area contributed by atoms with E-state index in [-0.39, 0.29) is 0 Å². The van der Waals surface area contributed by atoms with Gasteiger partial charge in [-0.15, -0.1) is 0 Å². The summed E-state index contributed by atoms with van der Waals surface area (Å²) in [5.74, 6) is 0. The first kappa shape index (κ1) is 22.0. The van der Waals surface area contributed by atoms with E-state index >= 15 is 0 Å². The van der Waals surface area contributed by atoms with Crippen LogP contribution >= 0.6 is 0 Å². The molecule has 0 N–H and O–H groups in total. The van der Waals surface area contributed by atoms with Gasteiger partial charge in [0.2, 0.25) is 6.10 Å². The highest BCUT2D eigenvalue weighted by atomic mass is 19.4. The van der Waals surface area contributed by atoms with E-state index in [2.05, 4.69) is 18.9 Å². The molecule has 2 aliphatic rings.